The van der Waals surface area contributed by atoms with E-state index in [1.54, 1.807) is 48.8 Å². The Hall–Kier alpha value is -3.93. The molecule has 0 bridgehead atoms. The second-order valence-corrected chi connectivity index (χ2v) is 8.12. The molecule has 1 aliphatic heterocycles. The van der Waals surface area contributed by atoms with Gasteiger partial charge in [0, 0.05) is 23.6 Å². The number of carbonyl (C=O) groups is 2. The van der Waals surface area contributed by atoms with E-state index in [1.807, 2.05) is 39.0 Å². The van der Waals surface area contributed by atoms with Gasteiger partial charge in [-0.25, -0.2) is 0 Å². The number of aromatic nitrogens is 1. The monoisotopic (exact) mass is 442 g/mol. The molecule has 0 radical (unpaired) electrons. The minimum atomic E-state index is -0.772. The van der Waals surface area contributed by atoms with Crippen LogP contribution in [0.15, 0.2) is 72.6 Å². The van der Waals surface area contributed by atoms with E-state index < -0.39 is 17.7 Å². The molecule has 1 aliphatic rings. The quantitative estimate of drug-likeness (QED) is 0.326. The molecule has 168 valence electrons. The Morgan fingerprint density at radius 1 is 1.06 bits per heavy atom. The Kier molecular flexibility index (Phi) is 6.27. The van der Waals surface area contributed by atoms with Crippen LogP contribution in [0.2, 0.25) is 0 Å². The van der Waals surface area contributed by atoms with Crippen LogP contribution < -0.4 is 9.64 Å². The van der Waals surface area contributed by atoms with E-state index in [9.17, 15) is 14.7 Å². The second-order valence-electron chi connectivity index (χ2n) is 8.12. The van der Waals surface area contributed by atoms with Crippen molar-refractivity contribution in [3.8, 4) is 5.75 Å². The summed E-state index contributed by atoms with van der Waals surface area (Å²) in [5.41, 5.74) is 3.58. The number of ketones is 1. The summed E-state index contributed by atoms with van der Waals surface area (Å²) < 4.78 is 5.73. The van der Waals surface area contributed by atoms with Gasteiger partial charge in [-0.3, -0.25) is 19.5 Å². The van der Waals surface area contributed by atoms with E-state index in [-0.39, 0.29) is 11.3 Å². The molecule has 6 heteroatoms. The number of amides is 1. The number of anilines is 1. The largest absolute Gasteiger partial charge is 0.507 e. The summed E-state index contributed by atoms with van der Waals surface area (Å²) >= 11 is 0. The lowest BCUT2D eigenvalue weighted by atomic mass is 9.95. The van der Waals surface area contributed by atoms with Crippen molar-refractivity contribution >= 4 is 23.1 Å². The molecule has 1 amide bonds. The van der Waals surface area contributed by atoms with Gasteiger partial charge in [-0.1, -0.05) is 19.1 Å². The van der Waals surface area contributed by atoms with Crippen LogP contribution in [0, 0.1) is 13.8 Å². The predicted octanol–water partition coefficient (Wildman–Crippen LogP) is 5.11. The number of benzene rings is 2. The van der Waals surface area contributed by atoms with Crippen LogP contribution in [-0.4, -0.2) is 28.4 Å². The average molecular weight is 443 g/mol. The second kappa shape index (κ2) is 9.28. The normalized spacial score (nSPS) is 17.4. The summed E-state index contributed by atoms with van der Waals surface area (Å²) in [7, 11) is 0. The lowest BCUT2D eigenvalue weighted by Crippen LogP contribution is -2.29. The summed E-state index contributed by atoms with van der Waals surface area (Å²) in [6.07, 6.45) is 4.10. The lowest BCUT2D eigenvalue weighted by Gasteiger charge is -2.25. The summed E-state index contributed by atoms with van der Waals surface area (Å²) in [5, 5.41) is 11.3. The third-order valence-corrected chi connectivity index (χ3v) is 5.66. The summed E-state index contributed by atoms with van der Waals surface area (Å²) in [4.78, 5) is 31.9. The first-order valence-electron chi connectivity index (χ1n) is 10.9. The van der Waals surface area contributed by atoms with E-state index in [4.69, 9.17) is 4.74 Å². The van der Waals surface area contributed by atoms with Crippen LogP contribution in [-0.2, 0) is 9.59 Å². The third kappa shape index (κ3) is 4.24. The highest BCUT2D eigenvalue weighted by Gasteiger charge is 2.47. The van der Waals surface area contributed by atoms with Crippen LogP contribution in [0.4, 0.5) is 5.69 Å². The molecule has 3 aromatic rings. The Labute approximate surface area is 193 Å². The number of aliphatic hydroxyl groups excluding tert-OH is 1. The summed E-state index contributed by atoms with van der Waals surface area (Å²) in [5.74, 6) is -0.891. The highest BCUT2D eigenvalue weighted by atomic mass is 16.5. The molecule has 1 fully saturated rings. The lowest BCUT2D eigenvalue weighted by molar-refractivity contribution is -0.132. The Morgan fingerprint density at radius 3 is 2.48 bits per heavy atom. The van der Waals surface area contributed by atoms with Crippen LogP contribution in [0.25, 0.3) is 5.76 Å². The molecule has 0 saturated carbocycles. The molecule has 6 nitrogen and oxygen atoms in total. The van der Waals surface area contributed by atoms with Gasteiger partial charge in [0.2, 0.25) is 0 Å². The zero-order valence-electron chi connectivity index (χ0n) is 18.9. The van der Waals surface area contributed by atoms with Crippen molar-refractivity contribution < 1.29 is 19.4 Å². The number of hydrogen-bond acceptors (Lipinski definition) is 5. The number of aliphatic hydroxyl groups is 1. The first kappa shape index (κ1) is 22.3. The Morgan fingerprint density at radius 2 is 1.82 bits per heavy atom. The molecule has 33 heavy (non-hydrogen) atoms. The van der Waals surface area contributed by atoms with Gasteiger partial charge in [0.05, 0.1) is 18.2 Å². The summed E-state index contributed by atoms with van der Waals surface area (Å²) in [6.45, 7) is 6.43. The number of Topliss-reactive ketones (excluding diaryl/α,β-unsaturated/α-hetero) is 1. The molecule has 1 atom stereocenters. The fourth-order valence-corrected chi connectivity index (χ4v) is 4.06. The average Bonchev–Trinajstić information content (AvgIpc) is 3.09. The van der Waals surface area contributed by atoms with Gasteiger partial charge in [0.1, 0.15) is 11.5 Å². The number of carbonyl (C=O) groups excluding carboxylic acids is 2. The van der Waals surface area contributed by atoms with E-state index >= 15 is 0 Å². The molecular weight excluding hydrogens is 416 g/mol. The number of pyridine rings is 1. The van der Waals surface area contributed by atoms with Gasteiger partial charge in [-0.05, 0) is 79.4 Å². The van der Waals surface area contributed by atoms with Crippen molar-refractivity contribution in [2.75, 3.05) is 11.5 Å². The maximum Gasteiger partial charge on any atom is 0.300 e. The molecule has 1 aromatic heterocycles. The highest BCUT2D eigenvalue weighted by Crippen LogP contribution is 2.42. The topological polar surface area (TPSA) is 79.7 Å². The number of aryl methyl sites for hydroxylation is 2. The maximum absolute atomic E-state index is 13.2. The number of rotatable bonds is 6. The van der Waals surface area contributed by atoms with Crippen molar-refractivity contribution in [3.05, 3.63) is 94.8 Å². The first-order chi connectivity index (χ1) is 15.9. The highest BCUT2D eigenvalue weighted by molar-refractivity contribution is 6.51. The number of ether oxygens (including phenoxy) is 1. The fourth-order valence-electron chi connectivity index (χ4n) is 4.06. The maximum atomic E-state index is 13.2. The molecule has 1 saturated heterocycles. The van der Waals surface area contributed by atoms with Crippen molar-refractivity contribution in [2.45, 2.75) is 33.2 Å². The minimum Gasteiger partial charge on any atom is -0.507 e. The zero-order chi connectivity index (χ0) is 23.5. The minimum absolute atomic E-state index is 0.0503. The van der Waals surface area contributed by atoms with Crippen LogP contribution >= 0.6 is 0 Å². The van der Waals surface area contributed by atoms with Gasteiger partial charge in [-0.2, -0.15) is 0 Å². The van der Waals surface area contributed by atoms with E-state index in [2.05, 4.69) is 4.98 Å². The van der Waals surface area contributed by atoms with Crippen molar-refractivity contribution in [2.24, 2.45) is 0 Å². The van der Waals surface area contributed by atoms with Gasteiger partial charge in [0.25, 0.3) is 11.7 Å². The molecule has 2 heterocycles. The van der Waals surface area contributed by atoms with E-state index in [1.165, 1.54) is 4.90 Å². The van der Waals surface area contributed by atoms with Gasteiger partial charge >= 0.3 is 0 Å². The molecule has 1 unspecified atom stereocenters. The standard InChI is InChI=1S/C27H26N2O4/c1-4-14-33-22-9-8-20(16-18(22)3)25(30)23-24(19-10-12-28-13-11-19)29(27(32)26(23)31)21-7-5-6-17(2)15-21/h5-13,15-16,24,30H,4,14H2,1-3H3/b25-23-. The van der Waals surface area contributed by atoms with Gasteiger partial charge < -0.3 is 9.84 Å². The molecule has 4 rings (SSSR count). The SMILES string of the molecule is CCCOc1ccc(/C(O)=C2/C(=O)C(=O)N(c3cccc(C)c3)C2c2ccncc2)cc1C. The number of nitrogens with zero attached hydrogens (tertiary/aromatic N) is 2. The van der Waals surface area contributed by atoms with Gasteiger partial charge in [0.15, 0.2) is 0 Å². The van der Waals surface area contributed by atoms with E-state index in [0.29, 0.717) is 23.4 Å². The smallest absolute Gasteiger partial charge is 0.300 e. The van der Waals surface area contributed by atoms with Crippen LogP contribution in [0.1, 0.15) is 41.6 Å². The molecule has 0 spiro atoms. The zero-order valence-corrected chi connectivity index (χ0v) is 18.9. The van der Waals surface area contributed by atoms with Crippen molar-refractivity contribution in [3.63, 3.8) is 0 Å². The third-order valence-electron chi connectivity index (χ3n) is 5.66. The van der Waals surface area contributed by atoms with Crippen molar-refractivity contribution in [1.29, 1.82) is 0 Å². The summed E-state index contributed by atoms with van der Waals surface area (Å²) in [6, 6.07) is 15.4. The molecule has 0 aliphatic carbocycles. The fraction of sp³-hybridized carbons (Fsp3) is 0.222. The van der Waals surface area contributed by atoms with Crippen LogP contribution in [0.3, 0.4) is 0 Å². The van der Waals surface area contributed by atoms with Crippen LogP contribution in [0.5, 0.6) is 5.75 Å². The van der Waals surface area contributed by atoms with E-state index in [0.717, 1.165) is 23.3 Å². The van der Waals surface area contributed by atoms with Gasteiger partial charge in [-0.15, -0.1) is 0 Å². The Bertz CT molecular complexity index is 1230. The number of hydrogen-bond donors (Lipinski definition) is 1. The first-order valence-corrected chi connectivity index (χ1v) is 10.9. The van der Waals surface area contributed by atoms with Crippen molar-refractivity contribution in [1.82, 2.24) is 4.98 Å². The molecular formula is C27H26N2O4. The molecule has 2 aromatic carbocycles. The molecule has 1 N–H and O–H groups in total. The predicted molar refractivity (Wildman–Crippen MR) is 127 cm³/mol. The Balaban J connectivity index is 1.87.